The number of hydrogen-bond acceptors (Lipinski definition) is 7. The number of benzene rings is 2. The highest BCUT2D eigenvalue weighted by Gasteiger charge is 2.58. The van der Waals surface area contributed by atoms with E-state index in [1.54, 1.807) is 0 Å². The van der Waals surface area contributed by atoms with Gasteiger partial charge in [-0.25, -0.2) is 4.79 Å². The molecule has 0 saturated carbocycles. The van der Waals surface area contributed by atoms with Gasteiger partial charge >= 0.3 is 5.97 Å². The van der Waals surface area contributed by atoms with Crippen molar-refractivity contribution >= 4 is 41.1 Å². The Balaban J connectivity index is 1.53. The van der Waals surface area contributed by atoms with E-state index in [-0.39, 0.29) is 18.0 Å². The molecule has 0 aliphatic carbocycles. The number of ether oxygens (including phenoxy) is 1. The lowest BCUT2D eigenvalue weighted by Crippen LogP contribution is -2.76. The molecule has 2 heterocycles. The molecule has 2 aromatic rings. The van der Waals surface area contributed by atoms with Gasteiger partial charge in [0.05, 0.1) is 12.2 Å². The second kappa shape index (κ2) is 9.58. The number of carbonyl (C=O) groups excluding carboxylic acids is 5. The number of nitrogens with one attached hydrogen (secondary N) is 1. The molecule has 0 bridgehead atoms. The van der Waals surface area contributed by atoms with Crippen molar-refractivity contribution in [2.75, 3.05) is 5.75 Å². The van der Waals surface area contributed by atoms with E-state index in [1.807, 2.05) is 60.7 Å². The summed E-state index contributed by atoms with van der Waals surface area (Å²) in [4.78, 5) is 62.9. The number of thioether (sulfide) groups is 1. The van der Waals surface area contributed by atoms with Crippen LogP contribution in [0.3, 0.4) is 0 Å². The second-order valence-corrected chi connectivity index (χ2v) is 8.98. The van der Waals surface area contributed by atoms with Crippen molar-refractivity contribution in [2.45, 2.75) is 36.9 Å². The molecule has 8 nitrogen and oxygen atoms in total. The first-order valence-corrected chi connectivity index (χ1v) is 11.5. The Morgan fingerprint density at radius 1 is 1.03 bits per heavy atom. The van der Waals surface area contributed by atoms with Crippen molar-refractivity contribution in [2.24, 2.45) is 0 Å². The van der Waals surface area contributed by atoms with Crippen molar-refractivity contribution in [3.63, 3.8) is 0 Å². The van der Waals surface area contributed by atoms with E-state index < -0.39 is 47.1 Å². The fourth-order valence-corrected chi connectivity index (χ4v) is 5.19. The lowest BCUT2D eigenvalue weighted by atomic mass is 9.99. The van der Waals surface area contributed by atoms with Gasteiger partial charge in [-0.05, 0) is 18.1 Å². The zero-order valence-electron chi connectivity index (χ0n) is 17.8. The van der Waals surface area contributed by atoms with Gasteiger partial charge < -0.3 is 15.0 Å². The molecule has 0 unspecified atom stereocenters. The fraction of sp³-hybridized carbons (Fsp3) is 0.292. The molecule has 9 heteroatoms. The van der Waals surface area contributed by atoms with Crippen LogP contribution in [-0.2, 0) is 28.7 Å². The minimum atomic E-state index is -1.38. The molecule has 170 valence electrons. The summed E-state index contributed by atoms with van der Waals surface area (Å²) in [6.45, 7) is 1.28. The second-order valence-electron chi connectivity index (χ2n) is 7.88. The van der Waals surface area contributed by atoms with Gasteiger partial charge in [0.2, 0.25) is 11.8 Å². The smallest absolute Gasteiger partial charge is 0.337 e. The summed E-state index contributed by atoms with van der Waals surface area (Å²) in [5.41, 5.74) is 1.46. The molecule has 33 heavy (non-hydrogen) atoms. The number of ketones is 2. The predicted octanol–water partition coefficient (Wildman–Crippen LogP) is 1.64. The molecule has 2 aliphatic heterocycles. The number of nitrogens with zero attached hydrogens (tertiary/aromatic N) is 1. The van der Waals surface area contributed by atoms with Gasteiger partial charge in [-0.3, -0.25) is 19.2 Å². The van der Waals surface area contributed by atoms with Crippen LogP contribution in [0.2, 0.25) is 0 Å². The van der Waals surface area contributed by atoms with E-state index in [1.165, 1.54) is 23.6 Å². The largest absolute Gasteiger partial charge is 0.451 e. The van der Waals surface area contributed by atoms with Gasteiger partial charge in [0.1, 0.15) is 17.2 Å². The predicted molar refractivity (Wildman–Crippen MR) is 120 cm³/mol. The Morgan fingerprint density at radius 3 is 2.15 bits per heavy atom. The molecular weight excluding hydrogens is 444 g/mol. The lowest BCUT2D eigenvalue weighted by molar-refractivity contribution is -0.170. The summed E-state index contributed by atoms with van der Waals surface area (Å²) >= 11 is 1.17. The van der Waals surface area contributed by atoms with E-state index in [4.69, 9.17) is 4.74 Å². The quantitative estimate of drug-likeness (QED) is 0.375. The normalized spacial score (nSPS) is 21.8. The highest BCUT2D eigenvalue weighted by Crippen LogP contribution is 2.38. The van der Waals surface area contributed by atoms with Gasteiger partial charge in [0.25, 0.3) is 0 Å². The van der Waals surface area contributed by atoms with E-state index in [0.717, 1.165) is 11.1 Å². The molecule has 2 aromatic carbocycles. The Labute approximate surface area is 194 Å². The monoisotopic (exact) mass is 466 g/mol. The van der Waals surface area contributed by atoms with E-state index >= 15 is 0 Å². The van der Waals surface area contributed by atoms with Crippen molar-refractivity contribution < 1.29 is 28.7 Å². The zero-order valence-corrected chi connectivity index (χ0v) is 18.6. The number of hydrogen-bond donors (Lipinski definition) is 1. The molecule has 0 aromatic heterocycles. The third-order valence-corrected chi connectivity index (χ3v) is 6.74. The maximum Gasteiger partial charge on any atom is 0.337 e. The third-order valence-electron chi connectivity index (χ3n) is 5.45. The van der Waals surface area contributed by atoms with Gasteiger partial charge in [-0.15, -0.1) is 11.8 Å². The van der Waals surface area contributed by atoms with Gasteiger partial charge in [-0.1, -0.05) is 60.7 Å². The molecule has 2 fully saturated rings. The zero-order chi connectivity index (χ0) is 23.5. The number of Topliss-reactive ketones (excluding diaryl/α,β-unsaturated/α-hetero) is 2. The van der Waals surface area contributed by atoms with Crippen LogP contribution in [0.5, 0.6) is 0 Å². The Morgan fingerprint density at radius 2 is 1.61 bits per heavy atom. The number of rotatable bonds is 7. The van der Waals surface area contributed by atoms with Gasteiger partial charge in [-0.2, -0.15) is 0 Å². The van der Waals surface area contributed by atoms with Crippen LogP contribution >= 0.6 is 11.8 Å². The molecule has 4 rings (SSSR count). The lowest BCUT2D eigenvalue weighted by Gasteiger charge is -2.51. The summed E-state index contributed by atoms with van der Waals surface area (Å²) in [5, 5.41) is 1.95. The van der Waals surface area contributed by atoms with Gasteiger partial charge in [0, 0.05) is 0 Å². The van der Waals surface area contributed by atoms with Crippen LogP contribution in [0.1, 0.15) is 30.6 Å². The van der Waals surface area contributed by atoms with Crippen molar-refractivity contribution in [1.82, 2.24) is 10.2 Å². The first kappa shape index (κ1) is 22.7. The van der Waals surface area contributed by atoms with Crippen LogP contribution in [0.15, 0.2) is 60.7 Å². The average molecular weight is 467 g/mol. The average Bonchev–Trinajstić information content (AvgIpc) is 2.81. The van der Waals surface area contributed by atoms with Crippen LogP contribution in [0.25, 0.3) is 0 Å². The summed E-state index contributed by atoms with van der Waals surface area (Å²) in [5.74, 6) is -2.67. The number of amides is 2. The molecule has 3 atom stereocenters. The fourth-order valence-electron chi connectivity index (χ4n) is 3.93. The minimum Gasteiger partial charge on any atom is -0.451 e. The molecule has 2 saturated heterocycles. The summed E-state index contributed by atoms with van der Waals surface area (Å²) in [7, 11) is 0. The van der Waals surface area contributed by atoms with Crippen LogP contribution < -0.4 is 5.32 Å². The highest BCUT2D eigenvalue weighted by atomic mass is 32.2. The highest BCUT2D eigenvalue weighted by molar-refractivity contribution is 8.00. The summed E-state index contributed by atoms with van der Waals surface area (Å²) < 4.78 is 5.81. The first-order chi connectivity index (χ1) is 15.9. The van der Waals surface area contributed by atoms with Crippen LogP contribution in [0, 0.1) is 0 Å². The maximum absolute atomic E-state index is 13.2. The molecule has 0 spiro atoms. The standard InChI is InChI=1S/C24H22N2O6S/c1-14(27)12-18(29)25-19-22(30)26-20(17(28)13-33-23(19)26)24(31)32-21(15-8-4-2-5-9-15)16-10-6-3-7-11-16/h2-11,19-21,23H,12-13H2,1H3,(H,25,29)/t19-,20-,23+/m1/s1. The summed E-state index contributed by atoms with van der Waals surface area (Å²) in [6, 6.07) is 16.0. The van der Waals surface area contributed by atoms with Crippen LogP contribution in [-0.4, -0.2) is 57.5 Å². The minimum absolute atomic E-state index is 0.00856. The van der Waals surface area contributed by atoms with Crippen molar-refractivity contribution in [3.05, 3.63) is 71.8 Å². The molecule has 0 radical (unpaired) electrons. The van der Waals surface area contributed by atoms with Crippen LogP contribution in [0.4, 0.5) is 0 Å². The number of carbonyl (C=O) groups is 5. The third kappa shape index (κ3) is 4.68. The first-order valence-electron chi connectivity index (χ1n) is 10.4. The number of β-lactam (4-membered cyclic amide) rings is 1. The molecule has 2 aliphatic rings. The molecular formula is C24H22N2O6S. The van der Waals surface area contributed by atoms with Gasteiger partial charge in [0.15, 0.2) is 17.9 Å². The van der Waals surface area contributed by atoms with E-state index in [2.05, 4.69) is 5.32 Å². The summed E-state index contributed by atoms with van der Waals surface area (Å²) in [6.07, 6.45) is -1.08. The SMILES string of the molecule is CC(=O)CC(=O)N[C@@H]1C(=O)N2[C@@H](C(=O)OC(c3ccccc3)c3ccccc3)C(=O)CS[C@@H]12. The Hall–Kier alpha value is -3.46. The van der Waals surface area contributed by atoms with Crippen molar-refractivity contribution in [3.8, 4) is 0 Å². The van der Waals surface area contributed by atoms with Crippen molar-refractivity contribution in [1.29, 1.82) is 0 Å². The Bertz CT molecular complexity index is 1050. The number of fused-ring (bicyclic) bond motifs is 1. The van der Waals surface area contributed by atoms with E-state index in [9.17, 15) is 24.0 Å². The maximum atomic E-state index is 13.2. The number of esters is 1. The topological polar surface area (TPSA) is 110 Å². The molecule has 1 N–H and O–H groups in total. The van der Waals surface area contributed by atoms with E-state index in [0.29, 0.717) is 0 Å². The molecule has 2 amide bonds. The Kier molecular flexibility index (Phi) is 6.60.